The topological polar surface area (TPSA) is 48.1 Å². The first-order valence-corrected chi connectivity index (χ1v) is 7.17. The van der Waals surface area contributed by atoms with E-state index < -0.39 is 0 Å². The molecule has 1 aromatic rings. The molecule has 3 nitrogen and oxygen atoms in total. The Morgan fingerprint density at radius 3 is 2.68 bits per heavy atom. The summed E-state index contributed by atoms with van der Waals surface area (Å²) in [5.41, 5.74) is 8.40. The highest BCUT2D eigenvalue weighted by atomic mass is 16.5. The number of rotatable bonds is 2. The lowest BCUT2D eigenvalue weighted by Crippen LogP contribution is -2.40. The Bertz CT molecular complexity index is 464. The maximum absolute atomic E-state index is 6.29. The van der Waals surface area contributed by atoms with Crippen molar-refractivity contribution in [1.82, 2.24) is 4.98 Å². The van der Waals surface area contributed by atoms with Crippen LogP contribution in [0.4, 0.5) is 0 Å². The number of nitrogens with zero attached hydrogens (tertiary/aromatic N) is 1. The summed E-state index contributed by atoms with van der Waals surface area (Å²) < 4.78 is 6.08. The molecule has 2 heterocycles. The second-order valence-electron chi connectivity index (χ2n) is 7.14. The van der Waals surface area contributed by atoms with Gasteiger partial charge in [0.15, 0.2) is 0 Å². The number of hydrogen-bond acceptors (Lipinski definition) is 3. The van der Waals surface area contributed by atoms with Gasteiger partial charge in [0, 0.05) is 12.1 Å². The van der Waals surface area contributed by atoms with Crippen LogP contribution >= 0.6 is 0 Å². The molecule has 2 N–H and O–H groups in total. The zero-order valence-corrected chi connectivity index (χ0v) is 12.8. The fourth-order valence-electron chi connectivity index (χ4n) is 2.58. The third kappa shape index (κ3) is 3.27. The lowest BCUT2D eigenvalue weighted by Gasteiger charge is -2.37. The summed E-state index contributed by atoms with van der Waals surface area (Å²) >= 11 is 0. The van der Waals surface area contributed by atoms with E-state index >= 15 is 0 Å². The molecule has 0 aliphatic carbocycles. The SMILES string of the molecule is CCC1(C)CC(N)c2nc(CC(C)(C)C)ccc2O1. The third-order valence-electron chi connectivity index (χ3n) is 3.76. The van der Waals surface area contributed by atoms with E-state index in [4.69, 9.17) is 15.5 Å². The lowest BCUT2D eigenvalue weighted by molar-refractivity contribution is 0.0483. The zero-order chi connectivity index (χ0) is 14.3. The van der Waals surface area contributed by atoms with Crippen molar-refractivity contribution < 1.29 is 4.74 Å². The van der Waals surface area contributed by atoms with E-state index in [9.17, 15) is 0 Å². The van der Waals surface area contributed by atoms with Crippen LogP contribution in [0.2, 0.25) is 0 Å². The van der Waals surface area contributed by atoms with Crippen molar-refractivity contribution in [3.05, 3.63) is 23.5 Å². The van der Waals surface area contributed by atoms with Gasteiger partial charge >= 0.3 is 0 Å². The van der Waals surface area contributed by atoms with Crippen molar-refractivity contribution in [1.29, 1.82) is 0 Å². The predicted octanol–water partition coefficient (Wildman–Crippen LogP) is 3.62. The Kier molecular flexibility index (Phi) is 3.61. The highest BCUT2D eigenvalue weighted by molar-refractivity contribution is 5.35. The van der Waals surface area contributed by atoms with E-state index in [1.165, 1.54) is 0 Å². The molecule has 0 aromatic carbocycles. The Balaban J connectivity index is 2.29. The van der Waals surface area contributed by atoms with Gasteiger partial charge in [0.2, 0.25) is 0 Å². The number of hydrogen-bond donors (Lipinski definition) is 1. The smallest absolute Gasteiger partial charge is 0.143 e. The molecule has 0 amide bonds. The molecular weight excluding hydrogens is 236 g/mol. The maximum Gasteiger partial charge on any atom is 0.143 e. The van der Waals surface area contributed by atoms with Gasteiger partial charge in [0.1, 0.15) is 11.4 Å². The fraction of sp³-hybridized carbons (Fsp3) is 0.688. The summed E-state index contributed by atoms with van der Waals surface area (Å²) in [5.74, 6) is 0.862. The van der Waals surface area contributed by atoms with Gasteiger partial charge in [-0.3, -0.25) is 4.98 Å². The van der Waals surface area contributed by atoms with Crippen LogP contribution in [0, 0.1) is 5.41 Å². The molecule has 2 atom stereocenters. The molecule has 2 rings (SSSR count). The minimum absolute atomic E-state index is 0.0198. The van der Waals surface area contributed by atoms with Gasteiger partial charge in [-0.2, -0.15) is 0 Å². The van der Waals surface area contributed by atoms with Crippen LogP contribution in [0.3, 0.4) is 0 Å². The average Bonchev–Trinajstić information content (AvgIpc) is 2.28. The van der Waals surface area contributed by atoms with Gasteiger partial charge < -0.3 is 10.5 Å². The Hall–Kier alpha value is -1.09. The van der Waals surface area contributed by atoms with Crippen molar-refractivity contribution in [3.63, 3.8) is 0 Å². The van der Waals surface area contributed by atoms with Gasteiger partial charge in [-0.1, -0.05) is 27.7 Å². The summed E-state index contributed by atoms with van der Waals surface area (Å²) in [6.45, 7) is 10.9. The molecule has 1 aliphatic rings. The number of ether oxygens (including phenoxy) is 1. The first-order chi connectivity index (χ1) is 8.72. The van der Waals surface area contributed by atoms with Crippen molar-refractivity contribution in [2.75, 3.05) is 0 Å². The standard InChI is InChI=1S/C16H26N2O/c1-6-16(5)10-12(17)14-13(19-16)8-7-11(18-14)9-15(2,3)4/h7-8,12H,6,9-10,17H2,1-5H3. The molecular formula is C16H26N2O. The van der Waals surface area contributed by atoms with Gasteiger partial charge in [-0.25, -0.2) is 0 Å². The highest BCUT2D eigenvalue weighted by Crippen LogP contribution is 2.39. The molecule has 19 heavy (non-hydrogen) atoms. The fourth-order valence-corrected chi connectivity index (χ4v) is 2.58. The van der Waals surface area contributed by atoms with Crippen LogP contribution in [-0.2, 0) is 6.42 Å². The van der Waals surface area contributed by atoms with Crippen LogP contribution in [0.1, 0.15) is 64.9 Å². The molecule has 0 fully saturated rings. The molecule has 0 bridgehead atoms. The molecule has 0 spiro atoms. The summed E-state index contributed by atoms with van der Waals surface area (Å²) in [5, 5.41) is 0. The Morgan fingerprint density at radius 2 is 2.11 bits per heavy atom. The van der Waals surface area contributed by atoms with Crippen molar-refractivity contribution in [2.24, 2.45) is 11.1 Å². The van der Waals surface area contributed by atoms with E-state index in [2.05, 4.69) is 40.7 Å². The number of pyridine rings is 1. The molecule has 3 heteroatoms. The van der Waals surface area contributed by atoms with Crippen LogP contribution in [-0.4, -0.2) is 10.6 Å². The summed E-state index contributed by atoms with van der Waals surface area (Å²) in [6.07, 6.45) is 2.75. The monoisotopic (exact) mass is 262 g/mol. The number of fused-ring (bicyclic) bond motifs is 1. The quantitative estimate of drug-likeness (QED) is 0.885. The van der Waals surface area contributed by atoms with E-state index in [1.54, 1.807) is 0 Å². The molecule has 1 aromatic heterocycles. The van der Waals surface area contributed by atoms with Crippen LogP contribution in [0.5, 0.6) is 5.75 Å². The zero-order valence-electron chi connectivity index (χ0n) is 12.8. The van der Waals surface area contributed by atoms with E-state index in [-0.39, 0.29) is 17.1 Å². The average molecular weight is 262 g/mol. The van der Waals surface area contributed by atoms with Crippen LogP contribution in [0.25, 0.3) is 0 Å². The minimum atomic E-state index is -0.153. The van der Waals surface area contributed by atoms with Gasteiger partial charge in [0.25, 0.3) is 0 Å². The largest absolute Gasteiger partial charge is 0.486 e. The van der Waals surface area contributed by atoms with E-state index in [1.807, 2.05) is 6.07 Å². The number of aromatic nitrogens is 1. The second kappa shape index (κ2) is 4.78. The van der Waals surface area contributed by atoms with Gasteiger partial charge in [-0.15, -0.1) is 0 Å². The first-order valence-electron chi connectivity index (χ1n) is 7.17. The van der Waals surface area contributed by atoms with Crippen molar-refractivity contribution >= 4 is 0 Å². The van der Waals surface area contributed by atoms with Crippen molar-refractivity contribution in [2.45, 2.75) is 65.5 Å². The minimum Gasteiger partial charge on any atom is -0.486 e. The predicted molar refractivity (Wildman–Crippen MR) is 78.3 cm³/mol. The molecule has 2 unspecified atom stereocenters. The summed E-state index contributed by atoms with van der Waals surface area (Å²) in [7, 11) is 0. The number of nitrogens with two attached hydrogens (primary N) is 1. The van der Waals surface area contributed by atoms with Crippen molar-refractivity contribution in [3.8, 4) is 5.75 Å². The van der Waals surface area contributed by atoms with Gasteiger partial charge in [0.05, 0.1) is 11.7 Å². The highest BCUT2D eigenvalue weighted by Gasteiger charge is 2.35. The van der Waals surface area contributed by atoms with E-state index in [0.717, 1.165) is 36.4 Å². The van der Waals surface area contributed by atoms with E-state index in [0.29, 0.717) is 0 Å². The second-order valence-corrected chi connectivity index (χ2v) is 7.14. The summed E-state index contributed by atoms with van der Waals surface area (Å²) in [6, 6.07) is 4.09. The molecule has 0 radical (unpaired) electrons. The Labute approximate surface area is 116 Å². The maximum atomic E-state index is 6.29. The van der Waals surface area contributed by atoms with Gasteiger partial charge in [-0.05, 0) is 37.3 Å². The summed E-state index contributed by atoms with van der Waals surface area (Å²) in [4.78, 5) is 4.73. The van der Waals surface area contributed by atoms with Crippen LogP contribution < -0.4 is 10.5 Å². The third-order valence-corrected chi connectivity index (χ3v) is 3.76. The van der Waals surface area contributed by atoms with Crippen LogP contribution in [0.15, 0.2) is 12.1 Å². The molecule has 0 saturated carbocycles. The molecule has 1 aliphatic heterocycles. The molecule has 106 valence electrons. The first kappa shape index (κ1) is 14.3. The normalized spacial score (nSPS) is 26.7. The Morgan fingerprint density at radius 1 is 1.42 bits per heavy atom. The lowest BCUT2D eigenvalue weighted by atomic mass is 9.88. The molecule has 0 saturated heterocycles.